The van der Waals surface area contributed by atoms with Crippen molar-refractivity contribution >= 4 is 5.97 Å². The van der Waals surface area contributed by atoms with Gasteiger partial charge >= 0.3 is 5.97 Å². The minimum Gasteiger partial charge on any atom is -0.465 e. The molecule has 3 nitrogen and oxygen atoms in total. The summed E-state index contributed by atoms with van der Waals surface area (Å²) in [5.41, 5.74) is 0. The highest BCUT2D eigenvalue weighted by atomic mass is 16.5. The topological polar surface area (TPSA) is 29.5 Å². The van der Waals surface area contributed by atoms with Crippen molar-refractivity contribution in [1.82, 2.24) is 4.90 Å². The molecule has 0 radical (unpaired) electrons. The van der Waals surface area contributed by atoms with E-state index in [1.165, 1.54) is 173 Å². The molecule has 0 rings (SSSR count). The van der Waals surface area contributed by atoms with Crippen molar-refractivity contribution in [3.05, 3.63) is 36.5 Å². The van der Waals surface area contributed by atoms with Gasteiger partial charge in [-0.1, -0.05) is 159 Å². The van der Waals surface area contributed by atoms with E-state index in [9.17, 15) is 4.79 Å². The summed E-state index contributed by atoms with van der Waals surface area (Å²) in [6.45, 7) is 5.94. The largest absolute Gasteiger partial charge is 0.465 e. The number of hydrogen-bond acceptors (Lipinski definition) is 3. The van der Waals surface area contributed by atoms with Crippen LogP contribution in [-0.2, 0) is 9.53 Å². The minimum absolute atomic E-state index is 0.0308. The molecule has 0 amide bonds. The Labute approximate surface area is 289 Å². The molecule has 0 aliphatic heterocycles. The molecule has 0 aliphatic rings. The Hall–Kier alpha value is -1.35. The van der Waals surface area contributed by atoms with Gasteiger partial charge in [-0.3, -0.25) is 4.79 Å². The van der Waals surface area contributed by atoms with Crippen molar-refractivity contribution < 1.29 is 9.53 Å². The number of esters is 1. The van der Waals surface area contributed by atoms with Crippen molar-refractivity contribution in [2.45, 2.75) is 200 Å². The molecule has 270 valence electrons. The maximum Gasteiger partial charge on any atom is 0.307 e. The third-order valence-corrected chi connectivity index (χ3v) is 9.18. The normalized spacial score (nSPS) is 12.8. The van der Waals surface area contributed by atoms with Crippen LogP contribution in [0.25, 0.3) is 0 Å². The van der Waals surface area contributed by atoms with E-state index in [2.05, 4.69) is 55.2 Å². The second-order valence-electron chi connectivity index (χ2n) is 14.2. The number of nitrogens with zero attached hydrogens (tertiary/aromatic N) is 1. The van der Waals surface area contributed by atoms with Crippen LogP contribution in [0.15, 0.2) is 36.5 Å². The zero-order chi connectivity index (χ0) is 33.6. The predicted octanol–water partition coefficient (Wildman–Crippen LogP) is 13.7. The molecule has 0 saturated carbocycles. The first-order chi connectivity index (χ1) is 22.6. The third-order valence-electron chi connectivity index (χ3n) is 9.18. The van der Waals surface area contributed by atoms with Crippen molar-refractivity contribution in [2.24, 2.45) is 5.92 Å². The maximum atomic E-state index is 12.2. The lowest BCUT2D eigenvalue weighted by Crippen LogP contribution is -2.20. The first-order valence-corrected chi connectivity index (χ1v) is 20.3. The van der Waals surface area contributed by atoms with E-state index in [4.69, 9.17) is 4.74 Å². The fourth-order valence-corrected chi connectivity index (χ4v) is 6.01. The van der Waals surface area contributed by atoms with E-state index >= 15 is 0 Å². The second kappa shape index (κ2) is 38.1. The lowest BCUT2D eigenvalue weighted by molar-refractivity contribution is -0.145. The monoisotopic (exact) mass is 644 g/mol. The van der Waals surface area contributed by atoms with E-state index in [0.29, 0.717) is 18.9 Å². The van der Waals surface area contributed by atoms with Gasteiger partial charge < -0.3 is 9.64 Å². The second-order valence-corrected chi connectivity index (χ2v) is 14.2. The van der Waals surface area contributed by atoms with E-state index in [1.54, 1.807) is 0 Å². The quantitative estimate of drug-likeness (QED) is 0.0386. The fourth-order valence-electron chi connectivity index (χ4n) is 6.01. The minimum atomic E-state index is -0.0308. The smallest absolute Gasteiger partial charge is 0.307 e. The number of allylic oxidation sites excluding steroid dienone is 6. The molecule has 0 saturated heterocycles. The highest BCUT2D eigenvalue weighted by Crippen LogP contribution is 2.20. The Balaban J connectivity index is 3.97. The molecular weight excluding hydrogens is 562 g/mol. The Bertz CT molecular complexity index is 695. The summed E-state index contributed by atoms with van der Waals surface area (Å²) in [5.74, 6) is 0.502. The molecule has 0 heterocycles. The van der Waals surface area contributed by atoms with Crippen molar-refractivity contribution in [3.8, 4) is 0 Å². The van der Waals surface area contributed by atoms with Crippen LogP contribution in [0, 0.1) is 5.92 Å². The third kappa shape index (κ3) is 37.1. The van der Waals surface area contributed by atoms with Crippen LogP contribution in [0.2, 0.25) is 0 Å². The van der Waals surface area contributed by atoms with Gasteiger partial charge in [-0.25, -0.2) is 0 Å². The molecule has 0 spiro atoms. The van der Waals surface area contributed by atoms with Crippen LogP contribution in [0.5, 0.6) is 0 Å². The van der Waals surface area contributed by atoms with Gasteiger partial charge in [-0.2, -0.15) is 0 Å². The van der Waals surface area contributed by atoms with Crippen molar-refractivity contribution in [2.75, 3.05) is 27.2 Å². The number of ether oxygens (including phenoxy) is 1. The molecule has 0 aliphatic carbocycles. The standard InChI is InChI=1S/C43H81NO2/c1-5-7-9-11-13-15-17-19-21-23-25-27-29-31-33-35-37-42(41-46-43(45)39-40-44(3)4)38-36-34-32-30-28-26-24-22-20-18-16-14-12-10-8-6-2/h13,15,19-22,42H,5-12,14,16-18,23-41H2,1-4H3. The summed E-state index contributed by atoms with van der Waals surface area (Å²) in [7, 11) is 4.02. The number of hydrogen-bond donors (Lipinski definition) is 0. The van der Waals surface area contributed by atoms with Crippen LogP contribution < -0.4 is 0 Å². The Morgan fingerprint density at radius 3 is 1.35 bits per heavy atom. The molecule has 0 fully saturated rings. The molecule has 3 heteroatoms. The lowest BCUT2D eigenvalue weighted by Gasteiger charge is -2.18. The SMILES string of the molecule is CCCCCC=CCC=CCCCCCCCCC(CCCCCCCCC=CCCCCCCCC)COC(=O)CCN(C)C. The van der Waals surface area contributed by atoms with Crippen LogP contribution in [0.4, 0.5) is 0 Å². The van der Waals surface area contributed by atoms with Crippen LogP contribution in [-0.4, -0.2) is 38.1 Å². The number of unbranched alkanes of at least 4 members (excludes halogenated alkanes) is 21. The molecule has 0 aromatic heterocycles. The Kier molecular flexibility index (Phi) is 37.0. The predicted molar refractivity (Wildman–Crippen MR) is 206 cm³/mol. The summed E-state index contributed by atoms with van der Waals surface area (Å²) in [5, 5.41) is 0. The van der Waals surface area contributed by atoms with Gasteiger partial charge in [0.2, 0.25) is 0 Å². The average Bonchev–Trinajstić information content (AvgIpc) is 3.05. The van der Waals surface area contributed by atoms with Gasteiger partial charge in [0, 0.05) is 6.54 Å². The molecule has 46 heavy (non-hydrogen) atoms. The van der Waals surface area contributed by atoms with E-state index < -0.39 is 0 Å². The van der Waals surface area contributed by atoms with Crippen LogP contribution in [0.1, 0.15) is 200 Å². The summed E-state index contributed by atoms with van der Waals surface area (Å²) in [6, 6.07) is 0. The zero-order valence-electron chi connectivity index (χ0n) is 31.7. The van der Waals surface area contributed by atoms with Crippen molar-refractivity contribution in [1.29, 1.82) is 0 Å². The molecule has 0 N–H and O–H groups in total. The van der Waals surface area contributed by atoms with E-state index in [1.807, 2.05) is 14.1 Å². The van der Waals surface area contributed by atoms with Gasteiger partial charge in [0.15, 0.2) is 0 Å². The van der Waals surface area contributed by atoms with E-state index in [-0.39, 0.29) is 5.97 Å². The molecule has 0 bridgehead atoms. The van der Waals surface area contributed by atoms with E-state index in [0.717, 1.165) is 13.0 Å². The number of rotatable bonds is 36. The highest BCUT2D eigenvalue weighted by Gasteiger charge is 2.12. The van der Waals surface area contributed by atoms with Gasteiger partial charge in [-0.15, -0.1) is 0 Å². The summed E-state index contributed by atoms with van der Waals surface area (Å²) in [6.07, 6.45) is 51.5. The first kappa shape index (κ1) is 44.6. The Morgan fingerprint density at radius 1 is 0.522 bits per heavy atom. The Morgan fingerprint density at radius 2 is 0.891 bits per heavy atom. The summed E-state index contributed by atoms with van der Waals surface area (Å²) in [4.78, 5) is 14.3. The van der Waals surface area contributed by atoms with Gasteiger partial charge in [0.1, 0.15) is 0 Å². The van der Waals surface area contributed by atoms with Crippen molar-refractivity contribution in [3.63, 3.8) is 0 Å². The molecule has 1 unspecified atom stereocenters. The number of carbonyl (C=O) groups is 1. The van der Waals surface area contributed by atoms with Crippen LogP contribution >= 0.6 is 0 Å². The van der Waals surface area contributed by atoms with Gasteiger partial charge in [-0.05, 0) is 90.6 Å². The van der Waals surface area contributed by atoms with Gasteiger partial charge in [0.25, 0.3) is 0 Å². The van der Waals surface area contributed by atoms with Crippen LogP contribution in [0.3, 0.4) is 0 Å². The first-order valence-electron chi connectivity index (χ1n) is 20.3. The lowest BCUT2D eigenvalue weighted by atomic mass is 9.94. The molecule has 0 aromatic rings. The maximum absolute atomic E-state index is 12.2. The molecule has 0 aromatic carbocycles. The summed E-state index contributed by atoms with van der Waals surface area (Å²) >= 11 is 0. The average molecular weight is 644 g/mol. The van der Waals surface area contributed by atoms with Gasteiger partial charge in [0.05, 0.1) is 13.0 Å². The fraction of sp³-hybridized carbons (Fsp3) is 0.837. The zero-order valence-corrected chi connectivity index (χ0v) is 31.7. The molecular formula is C43H81NO2. The summed E-state index contributed by atoms with van der Waals surface area (Å²) < 4.78 is 5.73. The number of carbonyl (C=O) groups excluding carboxylic acids is 1. The highest BCUT2D eigenvalue weighted by molar-refractivity contribution is 5.69. The molecule has 1 atom stereocenters.